The summed E-state index contributed by atoms with van der Waals surface area (Å²) in [6, 6.07) is 12.0. The van der Waals surface area contributed by atoms with Crippen molar-refractivity contribution in [2.75, 3.05) is 11.1 Å². The van der Waals surface area contributed by atoms with Crippen LogP contribution in [0, 0.1) is 5.82 Å². The van der Waals surface area contributed by atoms with Gasteiger partial charge in [0.25, 0.3) is 0 Å². The largest absolute Gasteiger partial charge is 0.382 e. The van der Waals surface area contributed by atoms with Crippen molar-refractivity contribution in [2.45, 2.75) is 39.8 Å². The summed E-state index contributed by atoms with van der Waals surface area (Å²) in [6.45, 7) is 5.56. The Kier molecular flexibility index (Phi) is 7.39. The van der Waals surface area contributed by atoms with Crippen LogP contribution in [0.15, 0.2) is 48.5 Å². The van der Waals surface area contributed by atoms with E-state index in [1.165, 1.54) is 19.1 Å². The Morgan fingerprint density at radius 3 is 2.54 bits per heavy atom. The molecule has 0 spiro atoms. The molecule has 2 aromatic rings. The third-order valence-electron chi connectivity index (χ3n) is 4.33. The zero-order valence-corrected chi connectivity index (χ0v) is 17.0. The van der Waals surface area contributed by atoms with Crippen LogP contribution in [0.5, 0.6) is 5.75 Å². The van der Waals surface area contributed by atoms with Gasteiger partial charge < -0.3 is 14.4 Å². The van der Waals surface area contributed by atoms with E-state index in [1.54, 1.807) is 41.3 Å². The molecule has 0 bridgehead atoms. The van der Waals surface area contributed by atoms with Gasteiger partial charge in [-0.25, -0.2) is 9.18 Å². The molecule has 0 saturated heterocycles. The molecule has 1 atom stereocenters. The number of nitrogens with one attached hydrogen (secondary N) is 1. The fraction of sp³-hybridized carbons (Fsp3) is 0.350. The molecule has 0 aliphatic rings. The molecule has 0 aliphatic carbocycles. The Morgan fingerprint density at radius 1 is 1.18 bits per heavy atom. The van der Waals surface area contributed by atoms with Crippen molar-refractivity contribution in [3.63, 3.8) is 0 Å². The monoisotopic (exact) mass is 408 g/mol. The number of urea groups is 1. The highest BCUT2D eigenvalue weighted by atomic mass is 32.2. The number of benzene rings is 2. The van der Waals surface area contributed by atoms with Gasteiger partial charge >= 0.3 is 16.1 Å². The van der Waals surface area contributed by atoms with E-state index in [0.717, 1.165) is 0 Å². The lowest BCUT2D eigenvalue weighted by atomic mass is 10.1. The van der Waals surface area contributed by atoms with Crippen molar-refractivity contribution < 1.29 is 21.8 Å². The van der Waals surface area contributed by atoms with E-state index in [1.807, 2.05) is 13.8 Å². The van der Waals surface area contributed by atoms with Crippen LogP contribution in [0.4, 0.5) is 14.9 Å². The lowest BCUT2D eigenvalue weighted by Crippen LogP contribution is -2.40. The van der Waals surface area contributed by atoms with Gasteiger partial charge in [0, 0.05) is 12.6 Å². The second kappa shape index (κ2) is 9.54. The lowest BCUT2D eigenvalue weighted by molar-refractivity contribution is 0.187. The summed E-state index contributed by atoms with van der Waals surface area (Å²) in [4.78, 5) is 14.3. The molecule has 8 heteroatoms. The lowest BCUT2D eigenvalue weighted by Gasteiger charge is -2.29. The fourth-order valence-corrected chi connectivity index (χ4v) is 3.01. The van der Waals surface area contributed by atoms with Crippen LogP contribution < -0.4 is 9.50 Å². The first-order chi connectivity index (χ1) is 13.3. The number of halogens is 1. The number of hydrogen-bond donors (Lipinski definition) is 1. The number of rotatable bonds is 8. The number of carbonyl (C=O) groups is 1. The number of para-hydroxylation sites is 1. The van der Waals surface area contributed by atoms with Crippen LogP contribution in [-0.4, -0.2) is 31.1 Å². The van der Waals surface area contributed by atoms with Gasteiger partial charge in [0.1, 0.15) is 11.6 Å². The van der Waals surface area contributed by atoms with E-state index in [-0.39, 0.29) is 29.8 Å². The van der Waals surface area contributed by atoms with Crippen LogP contribution in [0.2, 0.25) is 0 Å². The van der Waals surface area contributed by atoms with Crippen molar-refractivity contribution >= 4 is 21.8 Å². The van der Waals surface area contributed by atoms with Crippen molar-refractivity contribution in [1.82, 2.24) is 4.90 Å². The van der Waals surface area contributed by atoms with Gasteiger partial charge in [-0.15, -0.1) is 0 Å². The second-order valence-corrected chi connectivity index (χ2v) is 8.23. The molecule has 0 fully saturated rings. The molecule has 2 amide bonds. The fourth-order valence-electron chi connectivity index (χ4n) is 2.50. The Morgan fingerprint density at radius 2 is 1.89 bits per heavy atom. The van der Waals surface area contributed by atoms with Gasteiger partial charge in [-0.1, -0.05) is 31.2 Å². The molecule has 152 valence electrons. The Labute approximate surface area is 165 Å². The van der Waals surface area contributed by atoms with Gasteiger partial charge in [-0.3, -0.25) is 0 Å². The van der Waals surface area contributed by atoms with E-state index in [9.17, 15) is 17.6 Å². The topological polar surface area (TPSA) is 75.7 Å². The minimum atomic E-state index is -3.64. The number of hydrogen-bond acceptors (Lipinski definition) is 4. The summed E-state index contributed by atoms with van der Waals surface area (Å²) in [7, 11) is -3.64. The number of nitrogens with zero attached hydrogens (tertiary/aromatic N) is 1. The molecule has 28 heavy (non-hydrogen) atoms. The van der Waals surface area contributed by atoms with Crippen LogP contribution in [0.1, 0.15) is 32.8 Å². The SMILES string of the molecule is CCC(C)N(Cc1cccc(OS(=O)(=O)CC)c1)C(=O)Nc1ccccc1F. The molecule has 6 nitrogen and oxygen atoms in total. The highest BCUT2D eigenvalue weighted by molar-refractivity contribution is 7.87. The highest BCUT2D eigenvalue weighted by Gasteiger charge is 2.21. The Balaban J connectivity index is 2.20. The van der Waals surface area contributed by atoms with Crippen molar-refractivity contribution in [2.24, 2.45) is 0 Å². The predicted molar refractivity (Wildman–Crippen MR) is 107 cm³/mol. The zero-order chi connectivity index (χ0) is 20.7. The van der Waals surface area contributed by atoms with Crippen LogP contribution in [0.3, 0.4) is 0 Å². The number of anilines is 1. The average molecular weight is 408 g/mol. The second-order valence-electron chi connectivity index (χ2n) is 6.37. The van der Waals surface area contributed by atoms with Crippen LogP contribution in [0.25, 0.3) is 0 Å². The average Bonchev–Trinajstić information content (AvgIpc) is 2.67. The van der Waals surface area contributed by atoms with Crippen molar-refractivity contribution in [3.05, 3.63) is 59.9 Å². The normalized spacial score (nSPS) is 12.3. The molecular formula is C20H25FN2O4S. The van der Waals surface area contributed by atoms with E-state index in [4.69, 9.17) is 4.18 Å². The molecule has 0 aromatic heterocycles. The predicted octanol–water partition coefficient (Wildman–Crippen LogP) is 4.39. The molecule has 1 N–H and O–H groups in total. The van der Waals surface area contributed by atoms with Crippen molar-refractivity contribution in [3.8, 4) is 5.75 Å². The Bertz CT molecular complexity index is 918. The third kappa shape index (κ3) is 5.95. The summed E-state index contributed by atoms with van der Waals surface area (Å²) in [5.41, 5.74) is 0.805. The zero-order valence-electron chi connectivity index (χ0n) is 16.2. The summed E-state index contributed by atoms with van der Waals surface area (Å²) in [6.07, 6.45) is 0.700. The maximum absolute atomic E-state index is 13.9. The quantitative estimate of drug-likeness (QED) is 0.658. The molecule has 0 aliphatic heterocycles. The summed E-state index contributed by atoms with van der Waals surface area (Å²) >= 11 is 0. The van der Waals surface area contributed by atoms with Gasteiger partial charge in [-0.2, -0.15) is 8.42 Å². The molecule has 2 rings (SSSR count). The smallest absolute Gasteiger partial charge is 0.322 e. The molecule has 1 unspecified atom stereocenters. The first kappa shape index (κ1) is 21.7. The molecule has 0 saturated carbocycles. The minimum absolute atomic E-state index is 0.104. The molecule has 2 aromatic carbocycles. The number of amides is 2. The van der Waals surface area contributed by atoms with Gasteiger partial charge in [0.05, 0.1) is 11.4 Å². The standard InChI is InChI=1S/C20H25FN2O4S/c1-4-15(3)23(20(24)22-19-12-7-6-11-18(19)21)14-16-9-8-10-17(13-16)27-28(25,26)5-2/h6-13,15H,4-5,14H2,1-3H3,(H,22,24). The van der Waals surface area contributed by atoms with Gasteiger partial charge in [0.2, 0.25) is 0 Å². The maximum atomic E-state index is 13.9. The minimum Gasteiger partial charge on any atom is -0.382 e. The van der Waals surface area contributed by atoms with E-state index in [0.29, 0.717) is 12.0 Å². The van der Waals surface area contributed by atoms with Gasteiger partial charge in [-0.05, 0) is 50.1 Å². The molecular weight excluding hydrogens is 383 g/mol. The first-order valence-electron chi connectivity index (χ1n) is 9.09. The van der Waals surface area contributed by atoms with Gasteiger partial charge in [0.15, 0.2) is 0 Å². The molecule has 0 heterocycles. The summed E-state index contributed by atoms with van der Waals surface area (Å²) in [5, 5.41) is 2.59. The first-order valence-corrected chi connectivity index (χ1v) is 10.7. The maximum Gasteiger partial charge on any atom is 0.322 e. The van der Waals surface area contributed by atoms with Crippen molar-refractivity contribution in [1.29, 1.82) is 0 Å². The summed E-state index contributed by atoms with van der Waals surface area (Å²) in [5.74, 6) is -0.459. The third-order valence-corrected chi connectivity index (χ3v) is 5.48. The van der Waals surface area contributed by atoms with E-state index < -0.39 is 22.0 Å². The van der Waals surface area contributed by atoms with E-state index in [2.05, 4.69) is 5.32 Å². The number of carbonyl (C=O) groups excluding carboxylic acids is 1. The van der Waals surface area contributed by atoms with E-state index >= 15 is 0 Å². The summed E-state index contributed by atoms with van der Waals surface area (Å²) < 4.78 is 42.2. The molecule has 0 radical (unpaired) electrons. The van der Waals surface area contributed by atoms with Crippen LogP contribution in [-0.2, 0) is 16.7 Å². The highest BCUT2D eigenvalue weighted by Crippen LogP contribution is 2.20. The van der Waals surface area contributed by atoms with Crippen LogP contribution >= 0.6 is 0 Å². The Hall–Kier alpha value is -2.61.